The first-order valence-corrected chi connectivity index (χ1v) is 11.6. The number of amides is 1. The molecule has 1 amide bonds. The molecule has 3 aromatic carbocycles. The lowest BCUT2D eigenvalue weighted by Gasteiger charge is -2.14. The summed E-state index contributed by atoms with van der Waals surface area (Å²) in [6.45, 7) is 4.97. The molecule has 162 valence electrons. The Balaban J connectivity index is 1.56. The van der Waals surface area contributed by atoms with Gasteiger partial charge in [-0.25, -0.2) is 0 Å². The van der Waals surface area contributed by atoms with Gasteiger partial charge in [0.05, 0.1) is 17.2 Å². The topological polar surface area (TPSA) is 38.8 Å². The number of thioether (sulfide) groups is 1. The van der Waals surface area contributed by atoms with E-state index in [1.165, 1.54) is 17.3 Å². The first kappa shape index (κ1) is 22.1. The molecule has 0 spiro atoms. The molecule has 1 heterocycles. The Morgan fingerprint density at radius 2 is 1.72 bits per heavy atom. The van der Waals surface area contributed by atoms with Crippen molar-refractivity contribution in [2.75, 3.05) is 11.5 Å². The van der Waals surface area contributed by atoms with Crippen molar-refractivity contribution >= 4 is 46.0 Å². The molecule has 1 aliphatic heterocycles. The third-order valence-electron chi connectivity index (χ3n) is 5.02. The highest BCUT2D eigenvalue weighted by molar-refractivity contribution is 8.27. The molecule has 0 N–H and O–H groups in total. The zero-order valence-corrected chi connectivity index (χ0v) is 19.5. The number of aryl methyl sites for hydroxylation is 1. The molecule has 1 aliphatic rings. The molecule has 1 fully saturated rings. The first-order valence-electron chi connectivity index (χ1n) is 10.3. The van der Waals surface area contributed by atoms with Gasteiger partial charge in [0.15, 0.2) is 15.8 Å². The summed E-state index contributed by atoms with van der Waals surface area (Å²) in [5.74, 6) is 1.20. The van der Waals surface area contributed by atoms with Crippen LogP contribution in [0.4, 0.5) is 5.69 Å². The molecule has 0 radical (unpaired) electrons. The van der Waals surface area contributed by atoms with Gasteiger partial charge >= 0.3 is 0 Å². The number of anilines is 1. The summed E-state index contributed by atoms with van der Waals surface area (Å²) >= 11 is 6.76. The molecular formula is C26H23NO3S2. The summed E-state index contributed by atoms with van der Waals surface area (Å²) in [6.07, 6.45) is 1.84. The van der Waals surface area contributed by atoms with Crippen LogP contribution in [0.3, 0.4) is 0 Å². The van der Waals surface area contributed by atoms with Crippen LogP contribution < -0.4 is 14.4 Å². The number of para-hydroxylation sites is 1. The number of thiocarbonyl (C=S) groups is 1. The predicted octanol–water partition coefficient (Wildman–Crippen LogP) is 6.38. The Morgan fingerprint density at radius 3 is 2.47 bits per heavy atom. The van der Waals surface area contributed by atoms with E-state index in [1.807, 2.05) is 73.7 Å². The molecule has 3 aromatic rings. The largest absolute Gasteiger partial charge is 0.490 e. The van der Waals surface area contributed by atoms with Crippen LogP contribution in [0.1, 0.15) is 23.6 Å². The Labute approximate surface area is 197 Å². The second-order valence-corrected chi connectivity index (χ2v) is 8.88. The number of carbonyl (C=O) groups is 1. The molecule has 0 bridgehead atoms. The van der Waals surface area contributed by atoms with Gasteiger partial charge < -0.3 is 9.47 Å². The predicted molar refractivity (Wildman–Crippen MR) is 135 cm³/mol. The van der Waals surface area contributed by atoms with Gasteiger partial charge in [0.1, 0.15) is 6.61 Å². The van der Waals surface area contributed by atoms with Crippen LogP contribution in [0.25, 0.3) is 6.08 Å². The van der Waals surface area contributed by atoms with E-state index in [0.29, 0.717) is 33.9 Å². The highest BCUT2D eigenvalue weighted by Crippen LogP contribution is 2.37. The van der Waals surface area contributed by atoms with Crippen molar-refractivity contribution in [2.24, 2.45) is 0 Å². The molecule has 0 aromatic heterocycles. The van der Waals surface area contributed by atoms with Crippen LogP contribution in [-0.4, -0.2) is 16.8 Å². The molecule has 0 aliphatic carbocycles. The third kappa shape index (κ3) is 4.87. The fourth-order valence-electron chi connectivity index (χ4n) is 3.35. The fraction of sp³-hybridized carbons (Fsp3) is 0.154. The Kier molecular flexibility index (Phi) is 6.93. The standard InChI is InChI=1S/C26H23NO3S2/c1-3-29-23-15-19(13-14-22(23)30-17-20-10-8-7-9-18(20)2)16-24-25(28)27(26(31)32-24)21-11-5-4-6-12-21/h4-16H,3,17H2,1-2H3/b24-16+. The molecular weight excluding hydrogens is 438 g/mol. The molecule has 0 unspecified atom stereocenters. The average Bonchev–Trinajstić information content (AvgIpc) is 3.07. The number of hydrogen-bond acceptors (Lipinski definition) is 5. The highest BCUT2D eigenvalue weighted by Gasteiger charge is 2.33. The highest BCUT2D eigenvalue weighted by atomic mass is 32.2. The van der Waals surface area contributed by atoms with Crippen LogP contribution in [0.2, 0.25) is 0 Å². The Hall–Kier alpha value is -3.09. The number of carbonyl (C=O) groups excluding carboxylic acids is 1. The second-order valence-electron chi connectivity index (χ2n) is 7.21. The molecule has 6 heteroatoms. The summed E-state index contributed by atoms with van der Waals surface area (Å²) in [7, 11) is 0. The Bertz CT molecular complexity index is 1170. The van der Waals surface area contributed by atoms with E-state index < -0.39 is 0 Å². The lowest BCUT2D eigenvalue weighted by Crippen LogP contribution is -2.27. The lowest BCUT2D eigenvalue weighted by molar-refractivity contribution is -0.113. The van der Waals surface area contributed by atoms with E-state index in [-0.39, 0.29) is 5.91 Å². The zero-order valence-electron chi connectivity index (χ0n) is 17.9. The molecule has 0 atom stereocenters. The monoisotopic (exact) mass is 461 g/mol. The van der Waals surface area contributed by atoms with E-state index in [0.717, 1.165) is 16.8 Å². The molecule has 32 heavy (non-hydrogen) atoms. The van der Waals surface area contributed by atoms with Crippen molar-refractivity contribution in [2.45, 2.75) is 20.5 Å². The Morgan fingerprint density at radius 1 is 0.969 bits per heavy atom. The number of benzene rings is 3. The molecule has 4 nitrogen and oxygen atoms in total. The minimum Gasteiger partial charge on any atom is -0.490 e. The summed E-state index contributed by atoms with van der Waals surface area (Å²) in [5.41, 5.74) is 3.93. The van der Waals surface area contributed by atoms with Crippen LogP contribution >= 0.6 is 24.0 Å². The van der Waals surface area contributed by atoms with Gasteiger partial charge in [0.2, 0.25) is 0 Å². The van der Waals surface area contributed by atoms with Gasteiger partial charge in [0.25, 0.3) is 5.91 Å². The average molecular weight is 462 g/mol. The van der Waals surface area contributed by atoms with Gasteiger partial charge in [-0.3, -0.25) is 9.69 Å². The number of rotatable bonds is 7. The van der Waals surface area contributed by atoms with Crippen molar-refractivity contribution in [3.05, 3.63) is 94.4 Å². The van der Waals surface area contributed by atoms with E-state index in [2.05, 4.69) is 19.1 Å². The smallest absolute Gasteiger partial charge is 0.270 e. The lowest BCUT2D eigenvalue weighted by atomic mass is 10.1. The zero-order chi connectivity index (χ0) is 22.5. The summed E-state index contributed by atoms with van der Waals surface area (Å²) < 4.78 is 12.4. The van der Waals surface area contributed by atoms with Crippen molar-refractivity contribution in [3.63, 3.8) is 0 Å². The van der Waals surface area contributed by atoms with E-state index >= 15 is 0 Å². The van der Waals surface area contributed by atoms with Crippen LogP contribution in [0.15, 0.2) is 77.7 Å². The molecule has 4 rings (SSSR count). The number of hydrogen-bond donors (Lipinski definition) is 0. The van der Waals surface area contributed by atoms with Gasteiger partial charge in [0, 0.05) is 0 Å². The van der Waals surface area contributed by atoms with E-state index in [4.69, 9.17) is 21.7 Å². The molecule has 0 saturated carbocycles. The minimum absolute atomic E-state index is 0.121. The van der Waals surface area contributed by atoms with E-state index in [9.17, 15) is 4.79 Å². The summed E-state index contributed by atoms with van der Waals surface area (Å²) in [6, 6.07) is 23.3. The van der Waals surface area contributed by atoms with Crippen LogP contribution in [0.5, 0.6) is 11.5 Å². The first-order chi connectivity index (χ1) is 15.6. The second kappa shape index (κ2) is 10.0. The normalized spacial score (nSPS) is 14.8. The van der Waals surface area contributed by atoms with Crippen molar-refractivity contribution < 1.29 is 14.3 Å². The SMILES string of the molecule is CCOc1cc(/C=C2/SC(=S)N(c3ccccc3)C2=O)ccc1OCc1ccccc1C. The van der Waals surface area contributed by atoms with Crippen molar-refractivity contribution in [1.82, 2.24) is 0 Å². The van der Waals surface area contributed by atoms with Crippen molar-refractivity contribution in [3.8, 4) is 11.5 Å². The van der Waals surface area contributed by atoms with Gasteiger partial charge in [-0.1, -0.05) is 72.5 Å². The van der Waals surface area contributed by atoms with Crippen molar-refractivity contribution in [1.29, 1.82) is 0 Å². The van der Waals surface area contributed by atoms with Gasteiger partial charge in [-0.2, -0.15) is 0 Å². The molecule has 1 saturated heterocycles. The maximum Gasteiger partial charge on any atom is 0.270 e. The minimum atomic E-state index is -0.121. The van der Waals surface area contributed by atoms with Gasteiger partial charge in [-0.05, 0) is 60.9 Å². The van der Waals surface area contributed by atoms with Crippen LogP contribution in [-0.2, 0) is 11.4 Å². The summed E-state index contributed by atoms with van der Waals surface area (Å²) in [5, 5.41) is 0. The number of nitrogens with zero attached hydrogens (tertiary/aromatic N) is 1. The van der Waals surface area contributed by atoms with Gasteiger partial charge in [-0.15, -0.1) is 0 Å². The van der Waals surface area contributed by atoms with Crippen LogP contribution in [0, 0.1) is 6.92 Å². The third-order valence-corrected chi connectivity index (χ3v) is 6.32. The summed E-state index contributed by atoms with van der Waals surface area (Å²) in [4.78, 5) is 15.1. The quantitative estimate of drug-likeness (QED) is 0.302. The van der Waals surface area contributed by atoms with E-state index in [1.54, 1.807) is 4.90 Å². The maximum atomic E-state index is 13.0. The fourth-order valence-corrected chi connectivity index (χ4v) is 4.65. The number of ether oxygens (including phenoxy) is 2. The maximum absolute atomic E-state index is 13.0.